The first-order valence-corrected chi connectivity index (χ1v) is 8.87. The molecule has 2 rings (SSSR count). The molecule has 0 bridgehead atoms. The van der Waals surface area contributed by atoms with Gasteiger partial charge >= 0.3 is 0 Å². The quantitative estimate of drug-likeness (QED) is 0.885. The summed E-state index contributed by atoms with van der Waals surface area (Å²) >= 11 is 0. The van der Waals surface area contributed by atoms with Crippen molar-refractivity contribution in [3.63, 3.8) is 0 Å². The van der Waals surface area contributed by atoms with Gasteiger partial charge in [-0.3, -0.25) is 0 Å². The molecule has 2 N–H and O–H groups in total. The lowest BCUT2D eigenvalue weighted by Crippen LogP contribution is -2.48. The van der Waals surface area contributed by atoms with E-state index in [0.29, 0.717) is 36.8 Å². The number of piperidine rings is 1. The monoisotopic (exact) mass is 348 g/mol. The van der Waals surface area contributed by atoms with Crippen LogP contribution in [0.3, 0.4) is 0 Å². The van der Waals surface area contributed by atoms with Crippen molar-refractivity contribution in [2.75, 3.05) is 19.7 Å². The fourth-order valence-corrected chi connectivity index (χ4v) is 3.98. The molecule has 1 heterocycles. The summed E-state index contributed by atoms with van der Waals surface area (Å²) in [6.07, 6.45) is 1.63. The summed E-state index contributed by atoms with van der Waals surface area (Å²) < 4.78 is 32.2. The highest BCUT2D eigenvalue weighted by Crippen LogP contribution is 2.24. The molecule has 1 aliphatic heterocycles. The van der Waals surface area contributed by atoms with Gasteiger partial charge in [0.1, 0.15) is 5.75 Å². The molecule has 1 fully saturated rings. The van der Waals surface area contributed by atoms with Crippen LogP contribution < -0.4 is 10.5 Å². The molecule has 0 aliphatic carbocycles. The van der Waals surface area contributed by atoms with Crippen molar-refractivity contribution in [3.05, 3.63) is 24.3 Å². The van der Waals surface area contributed by atoms with Gasteiger partial charge in [0.15, 0.2) is 0 Å². The predicted octanol–water partition coefficient (Wildman–Crippen LogP) is 2.26. The van der Waals surface area contributed by atoms with E-state index in [1.54, 1.807) is 24.3 Å². The zero-order valence-electron chi connectivity index (χ0n) is 13.1. The molecule has 1 saturated heterocycles. The molecule has 0 saturated carbocycles. The Kier molecular flexibility index (Phi) is 7.12. The standard InChI is InChI=1S/C15H24N2O3S.ClH/c1-3-10-20-13-4-6-14(7-5-13)21(18,19)17-9-8-15(16)12(2)11-17;/h4-7,12,15H,3,8-11,16H2,1-2H3;1H. The third-order valence-corrected chi connectivity index (χ3v) is 5.75. The number of halogens is 1. The Balaban J connectivity index is 0.00000242. The second kappa shape index (κ2) is 8.15. The van der Waals surface area contributed by atoms with E-state index in [4.69, 9.17) is 10.5 Å². The fourth-order valence-electron chi connectivity index (χ4n) is 2.42. The van der Waals surface area contributed by atoms with Crippen LogP contribution in [0.4, 0.5) is 0 Å². The molecule has 7 heteroatoms. The Labute approximate surface area is 139 Å². The van der Waals surface area contributed by atoms with E-state index in [1.807, 2.05) is 13.8 Å². The molecule has 1 aromatic carbocycles. The maximum absolute atomic E-state index is 12.6. The SMILES string of the molecule is CCCOc1ccc(S(=O)(=O)N2CCC(N)C(C)C2)cc1.Cl. The van der Waals surface area contributed by atoms with Gasteiger partial charge in [-0.05, 0) is 43.0 Å². The van der Waals surface area contributed by atoms with Crippen LogP contribution in [0, 0.1) is 5.92 Å². The minimum atomic E-state index is -3.43. The maximum Gasteiger partial charge on any atom is 0.243 e. The lowest BCUT2D eigenvalue weighted by atomic mass is 9.96. The van der Waals surface area contributed by atoms with Crippen molar-refractivity contribution < 1.29 is 13.2 Å². The molecule has 1 aliphatic rings. The lowest BCUT2D eigenvalue weighted by molar-refractivity contribution is 0.250. The van der Waals surface area contributed by atoms with Crippen molar-refractivity contribution >= 4 is 22.4 Å². The van der Waals surface area contributed by atoms with Crippen molar-refractivity contribution in [2.24, 2.45) is 11.7 Å². The highest BCUT2D eigenvalue weighted by atomic mass is 35.5. The summed E-state index contributed by atoms with van der Waals surface area (Å²) in [4.78, 5) is 0.314. The summed E-state index contributed by atoms with van der Waals surface area (Å²) in [5.74, 6) is 0.880. The Bertz CT molecular complexity index is 563. The third-order valence-electron chi connectivity index (χ3n) is 3.87. The van der Waals surface area contributed by atoms with Gasteiger partial charge in [-0.2, -0.15) is 4.31 Å². The molecule has 0 radical (unpaired) electrons. The van der Waals surface area contributed by atoms with Crippen LogP contribution in [-0.2, 0) is 10.0 Å². The Morgan fingerprint density at radius 3 is 2.50 bits per heavy atom. The van der Waals surface area contributed by atoms with E-state index in [2.05, 4.69) is 0 Å². The van der Waals surface area contributed by atoms with Crippen molar-refractivity contribution in [1.82, 2.24) is 4.31 Å². The average molecular weight is 349 g/mol. The van der Waals surface area contributed by atoms with Crippen LogP contribution in [0.1, 0.15) is 26.7 Å². The third kappa shape index (κ3) is 4.35. The first kappa shape index (κ1) is 19.2. The number of hydrogen-bond acceptors (Lipinski definition) is 4. The van der Waals surface area contributed by atoms with E-state index in [9.17, 15) is 8.42 Å². The molecular weight excluding hydrogens is 324 g/mol. The van der Waals surface area contributed by atoms with E-state index in [0.717, 1.165) is 6.42 Å². The van der Waals surface area contributed by atoms with Gasteiger partial charge in [0, 0.05) is 19.1 Å². The van der Waals surface area contributed by atoms with Crippen LogP contribution in [0.25, 0.3) is 0 Å². The van der Waals surface area contributed by atoms with Gasteiger partial charge in [-0.1, -0.05) is 13.8 Å². The fraction of sp³-hybridized carbons (Fsp3) is 0.600. The van der Waals surface area contributed by atoms with Gasteiger partial charge in [0.25, 0.3) is 0 Å². The largest absolute Gasteiger partial charge is 0.494 e. The van der Waals surface area contributed by atoms with Gasteiger partial charge in [0.05, 0.1) is 11.5 Å². The van der Waals surface area contributed by atoms with Crippen LogP contribution in [0.2, 0.25) is 0 Å². The smallest absolute Gasteiger partial charge is 0.243 e. The van der Waals surface area contributed by atoms with Crippen LogP contribution >= 0.6 is 12.4 Å². The van der Waals surface area contributed by atoms with Gasteiger partial charge in [0.2, 0.25) is 10.0 Å². The Hall–Kier alpha value is -0.820. The first-order valence-electron chi connectivity index (χ1n) is 7.43. The zero-order valence-corrected chi connectivity index (χ0v) is 14.7. The second-order valence-electron chi connectivity index (χ2n) is 5.61. The second-order valence-corrected chi connectivity index (χ2v) is 7.55. The highest BCUT2D eigenvalue weighted by Gasteiger charge is 2.31. The minimum absolute atomic E-state index is 0. The molecule has 2 unspecified atom stereocenters. The molecule has 5 nitrogen and oxygen atoms in total. The number of hydrogen-bond donors (Lipinski definition) is 1. The number of benzene rings is 1. The van der Waals surface area contributed by atoms with Gasteiger partial charge in [-0.25, -0.2) is 8.42 Å². The molecule has 22 heavy (non-hydrogen) atoms. The first-order chi connectivity index (χ1) is 9.95. The number of sulfonamides is 1. The summed E-state index contributed by atoms with van der Waals surface area (Å²) in [5, 5.41) is 0. The number of nitrogens with two attached hydrogens (primary N) is 1. The van der Waals surface area contributed by atoms with E-state index in [-0.39, 0.29) is 24.4 Å². The van der Waals surface area contributed by atoms with Crippen molar-refractivity contribution in [2.45, 2.75) is 37.6 Å². The molecule has 0 spiro atoms. The van der Waals surface area contributed by atoms with Crippen LogP contribution in [0.15, 0.2) is 29.2 Å². The van der Waals surface area contributed by atoms with Gasteiger partial charge in [-0.15, -0.1) is 12.4 Å². The lowest BCUT2D eigenvalue weighted by Gasteiger charge is -2.34. The van der Waals surface area contributed by atoms with Crippen LogP contribution in [-0.4, -0.2) is 38.5 Å². The normalized spacial score (nSPS) is 22.9. The maximum atomic E-state index is 12.6. The molecule has 0 amide bonds. The topological polar surface area (TPSA) is 72.6 Å². The highest BCUT2D eigenvalue weighted by molar-refractivity contribution is 7.89. The number of rotatable bonds is 5. The van der Waals surface area contributed by atoms with E-state index in [1.165, 1.54) is 4.31 Å². The molecule has 2 atom stereocenters. The summed E-state index contributed by atoms with van der Waals surface area (Å²) in [6.45, 7) is 5.63. The summed E-state index contributed by atoms with van der Waals surface area (Å²) in [5.41, 5.74) is 5.95. The van der Waals surface area contributed by atoms with E-state index >= 15 is 0 Å². The minimum Gasteiger partial charge on any atom is -0.494 e. The Morgan fingerprint density at radius 1 is 1.32 bits per heavy atom. The zero-order chi connectivity index (χ0) is 15.5. The van der Waals surface area contributed by atoms with Crippen molar-refractivity contribution in [1.29, 1.82) is 0 Å². The molecular formula is C15H25ClN2O3S. The molecule has 0 aromatic heterocycles. The van der Waals surface area contributed by atoms with Gasteiger partial charge < -0.3 is 10.5 Å². The molecule has 126 valence electrons. The number of ether oxygens (including phenoxy) is 1. The summed E-state index contributed by atoms with van der Waals surface area (Å²) in [6, 6.07) is 6.73. The average Bonchev–Trinajstić information content (AvgIpc) is 2.48. The Morgan fingerprint density at radius 2 is 1.95 bits per heavy atom. The van der Waals surface area contributed by atoms with Crippen molar-refractivity contribution in [3.8, 4) is 5.75 Å². The van der Waals surface area contributed by atoms with E-state index < -0.39 is 10.0 Å². The predicted molar refractivity (Wildman–Crippen MR) is 90.0 cm³/mol. The van der Waals surface area contributed by atoms with Crippen LogP contribution in [0.5, 0.6) is 5.75 Å². The summed E-state index contributed by atoms with van der Waals surface area (Å²) in [7, 11) is -3.43. The number of nitrogens with zero attached hydrogens (tertiary/aromatic N) is 1. The molecule has 1 aromatic rings.